The van der Waals surface area contributed by atoms with Crippen molar-refractivity contribution in [3.63, 3.8) is 0 Å². The monoisotopic (exact) mass is 322 g/mol. The first-order chi connectivity index (χ1) is 11.1. The first-order valence-electron chi connectivity index (χ1n) is 6.77. The molecule has 0 aliphatic carbocycles. The molecule has 0 aliphatic heterocycles. The van der Waals surface area contributed by atoms with Crippen LogP contribution in [0.5, 0.6) is 0 Å². The largest absolute Gasteiger partial charge is 0.384 e. The Morgan fingerprint density at radius 2 is 1.22 bits per heavy atom. The van der Waals surface area contributed by atoms with Crippen LogP contribution < -0.4 is 11.5 Å². The number of pyridine rings is 2. The predicted molar refractivity (Wildman–Crippen MR) is 92.8 cm³/mol. The van der Waals surface area contributed by atoms with E-state index in [0.717, 1.165) is 9.75 Å². The fraction of sp³-hybridized carbons (Fsp3) is 0. The topological polar surface area (TPSA) is 126 Å². The lowest BCUT2D eigenvalue weighted by molar-refractivity contribution is 1.30. The van der Waals surface area contributed by atoms with E-state index in [1.165, 1.54) is 11.3 Å². The van der Waals surface area contributed by atoms with E-state index in [9.17, 15) is 0 Å². The molecule has 0 spiro atoms. The van der Waals surface area contributed by atoms with Gasteiger partial charge in [0.1, 0.15) is 11.7 Å². The summed E-state index contributed by atoms with van der Waals surface area (Å²) in [5.74, 6) is -0.0457. The zero-order chi connectivity index (χ0) is 16.4. The summed E-state index contributed by atoms with van der Waals surface area (Å²) in [5, 5.41) is 15.3. The molecule has 3 aromatic rings. The van der Waals surface area contributed by atoms with Gasteiger partial charge < -0.3 is 11.5 Å². The minimum Gasteiger partial charge on any atom is -0.384 e. The van der Waals surface area contributed by atoms with Gasteiger partial charge in [-0.15, -0.1) is 11.3 Å². The normalized spacial score (nSPS) is 10.4. The highest BCUT2D eigenvalue weighted by atomic mass is 32.1. The molecule has 0 aliphatic rings. The summed E-state index contributed by atoms with van der Waals surface area (Å²) in [4.78, 5) is 10.4. The van der Waals surface area contributed by atoms with Gasteiger partial charge in [0.15, 0.2) is 0 Å². The van der Waals surface area contributed by atoms with E-state index in [1.54, 1.807) is 36.7 Å². The molecule has 23 heavy (non-hydrogen) atoms. The van der Waals surface area contributed by atoms with Crippen molar-refractivity contribution in [2.24, 2.45) is 11.5 Å². The molecule has 6 nitrogen and oxygen atoms in total. The molecular formula is C16H14N6S. The lowest BCUT2D eigenvalue weighted by atomic mass is 10.1. The number of aromatic nitrogens is 2. The highest BCUT2D eigenvalue weighted by Gasteiger charge is 2.15. The number of nitrogens with zero attached hydrogens (tertiary/aromatic N) is 2. The maximum atomic E-state index is 7.67. The van der Waals surface area contributed by atoms with E-state index in [2.05, 4.69) is 9.97 Å². The summed E-state index contributed by atoms with van der Waals surface area (Å²) < 4.78 is 0. The van der Waals surface area contributed by atoms with Crippen LogP contribution in [-0.2, 0) is 0 Å². The summed E-state index contributed by atoms with van der Waals surface area (Å²) in [5.41, 5.74) is 13.8. The van der Waals surface area contributed by atoms with Gasteiger partial charge in [0.25, 0.3) is 0 Å². The summed E-state index contributed by atoms with van der Waals surface area (Å²) >= 11 is 1.47. The van der Waals surface area contributed by atoms with Crippen LogP contribution in [0.1, 0.15) is 11.1 Å². The van der Waals surface area contributed by atoms with Crippen molar-refractivity contribution in [1.82, 2.24) is 9.97 Å². The third-order valence-corrected chi connectivity index (χ3v) is 4.37. The molecule has 3 aromatic heterocycles. The summed E-state index contributed by atoms with van der Waals surface area (Å²) in [6, 6.07) is 10.9. The quantitative estimate of drug-likeness (QED) is 0.435. The van der Waals surface area contributed by atoms with Gasteiger partial charge >= 0.3 is 0 Å². The number of thiophene rings is 1. The standard InChI is InChI=1S/C16H14N6S/c17-15(18)9-3-1-7-21-13(9)11-5-6-12(23-11)14-10(16(19)20)4-2-8-22-14/h1-8H,(H3,17,18)(H3,19,20). The van der Waals surface area contributed by atoms with E-state index in [-0.39, 0.29) is 11.7 Å². The average molecular weight is 322 g/mol. The molecule has 0 amide bonds. The molecule has 0 saturated carbocycles. The maximum absolute atomic E-state index is 7.67. The second-order valence-corrected chi connectivity index (χ2v) is 5.87. The Kier molecular flexibility index (Phi) is 3.86. The molecule has 0 bridgehead atoms. The first kappa shape index (κ1) is 14.9. The van der Waals surface area contributed by atoms with Crippen molar-refractivity contribution < 1.29 is 0 Å². The van der Waals surface area contributed by atoms with Crippen molar-refractivity contribution >= 4 is 23.0 Å². The number of nitrogens with two attached hydrogens (primary N) is 2. The molecule has 0 radical (unpaired) electrons. The fourth-order valence-electron chi connectivity index (χ4n) is 2.23. The number of hydrogen-bond donors (Lipinski definition) is 4. The average Bonchev–Trinajstić information content (AvgIpc) is 3.04. The lowest BCUT2D eigenvalue weighted by Gasteiger charge is -2.05. The van der Waals surface area contributed by atoms with Gasteiger partial charge in [-0.3, -0.25) is 20.8 Å². The molecule has 0 saturated heterocycles. The summed E-state index contributed by atoms with van der Waals surface area (Å²) in [7, 11) is 0. The van der Waals surface area contributed by atoms with Crippen molar-refractivity contribution in [3.05, 3.63) is 59.9 Å². The van der Waals surface area contributed by atoms with Gasteiger partial charge in [-0.05, 0) is 36.4 Å². The van der Waals surface area contributed by atoms with Crippen LogP contribution in [-0.4, -0.2) is 21.6 Å². The van der Waals surface area contributed by atoms with E-state index in [4.69, 9.17) is 22.3 Å². The van der Waals surface area contributed by atoms with Crippen LogP contribution in [0.2, 0.25) is 0 Å². The fourth-order valence-corrected chi connectivity index (χ4v) is 3.26. The Morgan fingerprint density at radius 3 is 1.61 bits per heavy atom. The van der Waals surface area contributed by atoms with E-state index in [0.29, 0.717) is 22.5 Å². The molecule has 0 unspecified atom stereocenters. The number of rotatable bonds is 4. The van der Waals surface area contributed by atoms with Crippen molar-refractivity contribution in [1.29, 1.82) is 10.8 Å². The predicted octanol–water partition coefficient (Wildman–Crippen LogP) is 2.44. The Hall–Kier alpha value is -3.06. The van der Waals surface area contributed by atoms with E-state index < -0.39 is 0 Å². The van der Waals surface area contributed by atoms with Gasteiger partial charge in [0.2, 0.25) is 0 Å². The van der Waals surface area contributed by atoms with Crippen LogP contribution in [0.3, 0.4) is 0 Å². The van der Waals surface area contributed by atoms with E-state index in [1.807, 2.05) is 12.1 Å². The van der Waals surface area contributed by atoms with Crippen LogP contribution in [0.25, 0.3) is 21.1 Å². The zero-order valence-corrected chi connectivity index (χ0v) is 12.9. The summed E-state index contributed by atoms with van der Waals surface area (Å²) in [6.07, 6.45) is 3.34. The Bertz CT molecular complexity index is 827. The molecule has 0 fully saturated rings. The maximum Gasteiger partial charge on any atom is 0.125 e. The SMILES string of the molecule is N=C(N)c1cccnc1-c1ccc(-c2ncccc2C(=N)N)s1. The first-order valence-corrected chi connectivity index (χ1v) is 7.59. The molecule has 0 atom stereocenters. The van der Waals surface area contributed by atoms with Gasteiger partial charge in [0, 0.05) is 23.5 Å². The van der Waals surface area contributed by atoms with Crippen LogP contribution >= 0.6 is 11.3 Å². The van der Waals surface area contributed by atoms with Gasteiger partial charge in [-0.1, -0.05) is 0 Å². The summed E-state index contributed by atoms with van der Waals surface area (Å²) in [6.45, 7) is 0. The molecular weight excluding hydrogens is 308 g/mol. The zero-order valence-electron chi connectivity index (χ0n) is 12.1. The molecule has 3 heterocycles. The smallest absolute Gasteiger partial charge is 0.125 e. The van der Waals surface area contributed by atoms with Gasteiger partial charge in [0.05, 0.1) is 21.1 Å². The second kappa shape index (κ2) is 5.98. The van der Waals surface area contributed by atoms with Crippen LogP contribution in [0.15, 0.2) is 48.8 Å². The third kappa shape index (κ3) is 2.82. The lowest BCUT2D eigenvalue weighted by Crippen LogP contribution is -2.13. The highest BCUT2D eigenvalue weighted by molar-refractivity contribution is 7.18. The molecule has 6 N–H and O–H groups in total. The van der Waals surface area contributed by atoms with Crippen molar-refractivity contribution in [2.75, 3.05) is 0 Å². The Balaban J connectivity index is 2.09. The van der Waals surface area contributed by atoms with Crippen LogP contribution in [0.4, 0.5) is 0 Å². The highest BCUT2D eigenvalue weighted by Crippen LogP contribution is 2.35. The molecule has 7 heteroatoms. The number of hydrogen-bond acceptors (Lipinski definition) is 5. The van der Waals surface area contributed by atoms with Crippen LogP contribution in [0, 0.1) is 10.8 Å². The number of amidine groups is 2. The minimum atomic E-state index is -0.0229. The molecule has 3 rings (SSSR count). The van der Waals surface area contributed by atoms with Gasteiger partial charge in [-0.25, -0.2) is 0 Å². The molecule has 114 valence electrons. The number of nitrogens with one attached hydrogen (secondary N) is 2. The Morgan fingerprint density at radius 1 is 0.783 bits per heavy atom. The Labute approximate surface area is 136 Å². The van der Waals surface area contributed by atoms with Crippen molar-refractivity contribution in [3.8, 4) is 21.1 Å². The second-order valence-electron chi connectivity index (χ2n) is 4.79. The van der Waals surface area contributed by atoms with E-state index >= 15 is 0 Å². The third-order valence-electron chi connectivity index (χ3n) is 3.27. The number of nitrogen functional groups attached to an aromatic ring is 2. The minimum absolute atomic E-state index is 0.0229. The van der Waals surface area contributed by atoms with Crippen molar-refractivity contribution in [2.45, 2.75) is 0 Å². The molecule has 0 aromatic carbocycles. The van der Waals surface area contributed by atoms with Gasteiger partial charge in [-0.2, -0.15) is 0 Å².